The van der Waals surface area contributed by atoms with E-state index < -0.39 is 0 Å². The third-order valence-electron chi connectivity index (χ3n) is 14.0. The molecule has 0 aliphatic carbocycles. The van der Waals surface area contributed by atoms with Crippen molar-refractivity contribution in [3.63, 3.8) is 0 Å². The first kappa shape index (κ1) is 63.8. The molecule has 2 aromatic carbocycles. The Labute approximate surface area is 435 Å². The van der Waals surface area contributed by atoms with Crippen LogP contribution in [0.4, 0.5) is 11.4 Å². The molecule has 0 aliphatic heterocycles. The molecule has 0 N–H and O–H groups in total. The van der Waals surface area contributed by atoms with Gasteiger partial charge in [-0.25, -0.2) is 4.99 Å². The van der Waals surface area contributed by atoms with Crippen molar-refractivity contribution >= 4 is 22.8 Å². The number of aliphatic imine (C=N–C) groups is 2. The van der Waals surface area contributed by atoms with Crippen LogP contribution in [0.5, 0.6) is 0 Å². The summed E-state index contributed by atoms with van der Waals surface area (Å²) in [7, 11) is 0. The zero-order valence-electron chi connectivity index (χ0n) is 46.1. The molecule has 2 rings (SSSR count). The fourth-order valence-electron chi connectivity index (χ4n) is 9.68. The van der Waals surface area contributed by atoms with Crippen molar-refractivity contribution in [1.29, 1.82) is 0 Å². The number of benzene rings is 2. The Morgan fingerprint density at radius 2 is 0.603 bits per heavy atom. The predicted molar refractivity (Wildman–Crippen MR) is 304 cm³/mol. The fourth-order valence-corrected chi connectivity index (χ4v) is 9.68. The van der Waals surface area contributed by atoms with Gasteiger partial charge in [0.15, 0.2) is 0 Å². The third-order valence-corrected chi connectivity index (χ3v) is 14.0. The van der Waals surface area contributed by atoms with E-state index in [1.54, 1.807) is 0 Å². The number of aryl methyl sites for hydroxylation is 4. The summed E-state index contributed by atoms with van der Waals surface area (Å²) in [6, 6.07) is 14.4. The van der Waals surface area contributed by atoms with Gasteiger partial charge >= 0.3 is 0 Å². The van der Waals surface area contributed by atoms with Gasteiger partial charge in [-0.15, -0.1) is 0 Å². The van der Waals surface area contributed by atoms with Gasteiger partial charge < -0.3 is 0 Å². The monoisotopic (exact) mass is 977 g/mol. The predicted octanol–water partition coefficient (Wildman–Crippen LogP) is 22.0. The van der Waals surface area contributed by atoms with Gasteiger partial charge in [0.05, 0.1) is 17.1 Å². The van der Waals surface area contributed by atoms with Crippen LogP contribution in [-0.4, -0.2) is 11.4 Å². The Hall–Kier alpha value is -2.17. The topological polar surface area (TPSA) is 24.7 Å². The molecule has 0 radical (unpaired) electrons. The van der Waals surface area contributed by atoms with E-state index in [9.17, 15) is 0 Å². The maximum atomic E-state index is 5.53. The Bertz CT molecular complexity index is 1520. The van der Waals surface area contributed by atoms with Crippen LogP contribution in [0.25, 0.3) is 0 Å². The van der Waals surface area contributed by atoms with Gasteiger partial charge in [0.25, 0.3) is 0 Å². The number of unbranched alkanes of at least 4 members (excludes halogenated alkanes) is 32. The van der Waals surface area contributed by atoms with Gasteiger partial charge in [0, 0.05) is 22.9 Å². The molecule has 0 bridgehead atoms. The van der Waals surface area contributed by atoms with Crippen LogP contribution in [0.3, 0.4) is 0 Å². The zero-order valence-corrected chi connectivity index (χ0v) is 47.1. The van der Waals surface area contributed by atoms with Crippen LogP contribution in [0.15, 0.2) is 46.4 Å². The SMILES string of the molecule is CCCCCCCCCCCCCCCCCCCCCCCCCC#CC(=N\c1cc(CCCCC)cc(CCCCC)c1)/C(CCCC)=N/c1cc(CCCCC)cc(CCCCC)c1.[Ni]. The second kappa shape index (κ2) is 47.2. The summed E-state index contributed by atoms with van der Waals surface area (Å²) in [5.41, 5.74) is 9.90. The van der Waals surface area contributed by atoms with Crippen LogP contribution in [0.1, 0.15) is 314 Å². The molecule has 0 unspecified atom stereocenters. The second-order valence-electron chi connectivity index (χ2n) is 20.8. The van der Waals surface area contributed by atoms with Crippen LogP contribution < -0.4 is 0 Å². The van der Waals surface area contributed by atoms with Gasteiger partial charge in [-0.05, 0) is 123 Å². The van der Waals surface area contributed by atoms with E-state index in [-0.39, 0.29) is 16.5 Å². The minimum atomic E-state index is 0. The molecule has 0 fully saturated rings. The van der Waals surface area contributed by atoms with Gasteiger partial charge in [-0.1, -0.05) is 259 Å². The Kier molecular flexibility index (Phi) is 44.3. The van der Waals surface area contributed by atoms with Crippen molar-refractivity contribution in [3.05, 3.63) is 58.7 Å². The van der Waals surface area contributed by atoms with E-state index in [0.717, 1.165) is 74.2 Å². The summed E-state index contributed by atoms with van der Waals surface area (Å²) < 4.78 is 0. The molecule has 68 heavy (non-hydrogen) atoms. The normalized spacial score (nSPS) is 11.8. The van der Waals surface area contributed by atoms with E-state index in [2.05, 4.69) is 89.8 Å². The molecule has 0 amide bonds. The van der Waals surface area contributed by atoms with Crippen molar-refractivity contribution < 1.29 is 16.5 Å². The maximum Gasteiger partial charge on any atom is 0.135 e. The molecule has 0 aromatic heterocycles. The number of rotatable bonds is 45. The van der Waals surface area contributed by atoms with Crippen molar-refractivity contribution in [2.24, 2.45) is 9.98 Å². The zero-order chi connectivity index (χ0) is 48.1. The molecule has 2 nitrogen and oxygen atoms in total. The molecule has 0 aliphatic rings. The molecule has 0 atom stereocenters. The summed E-state index contributed by atoms with van der Waals surface area (Å²) >= 11 is 0. The van der Waals surface area contributed by atoms with Crippen LogP contribution in [0, 0.1) is 11.8 Å². The van der Waals surface area contributed by atoms with E-state index in [1.165, 1.54) is 247 Å². The molecule has 390 valence electrons. The van der Waals surface area contributed by atoms with Crippen molar-refractivity contribution in [2.45, 2.75) is 318 Å². The molecule has 0 saturated carbocycles. The molecule has 0 spiro atoms. The van der Waals surface area contributed by atoms with Gasteiger partial charge in [0.1, 0.15) is 5.71 Å². The largest absolute Gasteiger partial charge is 0.250 e. The Balaban J connectivity index is 0.0000231. The molecule has 0 saturated heterocycles. The summed E-state index contributed by atoms with van der Waals surface area (Å²) in [4.78, 5) is 11.0. The summed E-state index contributed by atoms with van der Waals surface area (Å²) in [6.45, 7) is 13.8. The molecule has 0 heterocycles. The summed E-state index contributed by atoms with van der Waals surface area (Å²) in [5.74, 6) is 7.34. The number of hydrogen-bond donors (Lipinski definition) is 0. The van der Waals surface area contributed by atoms with Gasteiger partial charge in [0.2, 0.25) is 0 Å². The molecule has 2 aromatic rings. The molecular weight excluding hydrogens is 867 g/mol. The Morgan fingerprint density at radius 1 is 0.324 bits per heavy atom. The van der Waals surface area contributed by atoms with E-state index in [0.29, 0.717) is 0 Å². The van der Waals surface area contributed by atoms with Crippen LogP contribution in [0.2, 0.25) is 0 Å². The maximum absolute atomic E-state index is 5.53. The fraction of sp³-hybridized carbons (Fsp3) is 0.754. The average molecular weight is 978 g/mol. The first-order valence-electron chi connectivity index (χ1n) is 30.0. The Morgan fingerprint density at radius 3 is 0.926 bits per heavy atom. The third kappa shape index (κ3) is 35.0. The standard InChI is InChI=1S/C65H110N2.Ni/c1-7-13-19-20-21-22-23-24-25-26-27-28-29-30-31-32-33-34-35-36-37-38-39-40-45-51-65(67-63-56-60(48-43-16-10-4)53-61(57-63)49-44-17-11-5)64(50-18-12-6)66-62-54-58(46-41-14-8-2)52-59(55-62)47-42-15-9-3;/h52-57H,7-44,46-50H2,1-6H3;/b66-64+,67-65+;. The minimum absolute atomic E-state index is 0. The summed E-state index contributed by atoms with van der Waals surface area (Å²) in [5, 5.41) is 0. The van der Waals surface area contributed by atoms with Crippen molar-refractivity contribution in [1.82, 2.24) is 0 Å². The quantitative estimate of drug-likeness (QED) is 0.0273. The number of hydrogen-bond acceptors (Lipinski definition) is 2. The average Bonchev–Trinajstić information content (AvgIpc) is 3.33. The van der Waals surface area contributed by atoms with Crippen molar-refractivity contribution in [2.75, 3.05) is 0 Å². The van der Waals surface area contributed by atoms with Crippen molar-refractivity contribution in [3.8, 4) is 11.8 Å². The molecule has 3 heteroatoms. The van der Waals surface area contributed by atoms with Crippen LogP contribution in [-0.2, 0) is 42.2 Å². The first-order valence-corrected chi connectivity index (χ1v) is 30.0. The van der Waals surface area contributed by atoms with E-state index in [4.69, 9.17) is 9.98 Å². The minimum Gasteiger partial charge on any atom is -0.250 e. The number of nitrogens with zero attached hydrogens (tertiary/aromatic N) is 2. The van der Waals surface area contributed by atoms with E-state index in [1.807, 2.05) is 0 Å². The first-order chi connectivity index (χ1) is 33.1. The molecular formula is C65H110N2Ni. The second-order valence-corrected chi connectivity index (χ2v) is 20.8. The smallest absolute Gasteiger partial charge is 0.135 e. The van der Waals surface area contributed by atoms with Gasteiger partial charge in [-0.3, -0.25) is 4.99 Å². The van der Waals surface area contributed by atoms with E-state index >= 15 is 0 Å². The summed E-state index contributed by atoms with van der Waals surface area (Å²) in [6.07, 6.45) is 56.3. The van der Waals surface area contributed by atoms with Crippen LogP contribution >= 0.6 is 0 Å². The van der Waals surface area contributed by atoms with Gasteiger partial charge in [-0.2, -0.15) is 0 Å².